The Bertz CT molecular complexity index is 530. The number of nitrogens with one attached hydrogen (secondary N) is 1. The van der Waals surface area contributed by atoms with Crippen LogP contribution in [0.5, 0.6) is 0 Å². The van der Waals surface area contributed by atoms with Crippen molar-refractivity contribution < 1.29 is 25.5 Å². The molecule has 2 rings (SSSR count). The summed E-state index contributed by atoms with van der Waals surface area (Å²) in [5.74, 6) is 0.774. The van der Waals surface area contributed by atoms with Crippen molar-refractivity contribution >= 4 is 0 Å². The molecule has 1 saturated heterocycles. The van der Waals surface area contributed by atoms with Crippen LogP contribution in [0.25, 0.3) is 0 Å². The quantitative estimate of drug-likeness (QED) is 0.192. The van der Waals surface area contributed by atoms with Crippen LogP contribution in [-0.2, 0) is 0 Å². The Labute approximate surface area is 188 Å². The van der Waals surface area contributed by atoms with Crippen LogP contribution < -0.4 is 5.32 Å². The third-order valence-corrected chi connectivity index (χ3v) is 6.87. The van der Waals surface area contributed by atoms with Gasteiger partial charge in [-0.1, -0.05) is 77.0 Å². The van der Waals surface area contributed by atoms with Gasteiger partial charge in [0.15, 0.2) is 6.23 Å². The summed E-state index contributed by atoms with van der Waals surface area (Å²) in [5.41, 5.74) is 0.919. The lowest BCUT2D eigenvalue weighted by atomic mass is 9.82. The third-order valence-electron chi connectivity index (χ3n) is 6.87. The van der Waals surface area contributed by atoms with Gasteiger partial charge in [0, 0.05) is 13.2 Å². The molecule has 6 N–H and O–H groups in total. The van der Waals surface area contributed by atoms with Crippen molar-refractivity contribution in [2.45, 2.75) is 127 Å². The smallest absolute Gasteiger partial charge is 0.157 e. The molecule has 0 unspecified atom stereocenters. The predicted molar refractivity (Wildman–Crippen MR) is 122 cm³/mol. The first-order valence-corrected chi connectivity index (χ1v) is 12.6. The van der Waals surface area contributed by atoms with Crippen LogP contribution in [0.1, 0.15) is 96.8 Å². The van der Waals surface area contributed by atoms with Gasteiger partial charge in [-0.2, -0.15) is 0 Å². The van der Waals surface area contributed by atoms with E-state index in [9.17, 15) is 20.4 Å². The molecule has 2 aliphatic rings. The molecule has 2 heterocycles. The molecule has 0 aromatic heterocycles. The van der Waals surface area contributed by atoms with E-state index in [0.717, 1.165) is 30.8 Å². The Balaban J connectivity index is 1.43. The zero-order chi connectivity index (χ0) is 22.6. The average molecular weight is 443 g/mol. The molecular weight excluding hydrogens is 396 g/mol. The molecule has 0 amide bonds. The summed E-state index contributed by atoms with van der Waals surface area (Å²) in [6.45, 7) is 3.02. The van der Waals surface area contributed by atoms with Gasteiger partial charge in [0.1, 0.15) is 24.1 Å². The van der Waals surface area contributed by atoms with Gasteiger partial charge in [0.05, 0.1) is 6.04 Å². The molecule has 7 nitrogen and oxygen atoms in total. The van der Waals surface area contributed by atoms with Crippen molar-refractivity contribution in [2.24, 2.45) is 0 Å². The minimum Gasteiger partial charge on any atom is -0.396 e. The van der Waals surface area contributed by atoms with Crippen molar-refractivity contribution in [3.05, 3.63) is 11.4 Å². The maximum atomic E-state index is 10.2. The second-order valence-electron chi connectivity index (χ2n) is 9.37. The average Bonchev–Trinajstić information content (AvgIpc) is 2.76. The number of aliphatic hydroxyl groups is 5. The number of unbranched alkanes of at least 4 members (excludes halogenated alkanes) is 13. The molecule has 0 aliphatic carbocycles. The molecule has 0 aromatic carbocycles. The van der Waals surface area contributed by atoms with Crippen LogP contribution in [0, 0.1) is 0 Å². The summed E-state index contributed by atoms with van der Waals surface area (Å²) in [4.78, 5) is 1.59. The Hall–Kier alpha value is -0.860. The Morgan fingerprint density at radius 3 is 1.58 bits per heavy atom. The number of hydrogen-bond donors (Lipinski definition) is 6. The minimum absolute atomic E-state index is 0.333. The van der Waals surface area contributed by atoms with Gasteiger partial charge < -0.3 is 35.7 Å². The first kappa shape index (κ1) is 26.4. The maximum Gasteiger partial charge on any atom is 0.157 e. The molecular formula is C24H46N2O5. The van der Waals surface area contributed by atoms with Crippen LogP contribution in [0.15, 0.2) is 11.4 Å². The van der Waals surface area contributed by atoms with Crippen molar-refractivity contribution in [3.63, 3.8) is 0 Å². The number of rotatable bonds is 17. The molecule has 1 fully saturated rings. The summed E-state index contributed by atoms with van der Waals surface area (Å²) in [6, 6.07) is -0.429. The molecule has 31 heavy (non-hydrogen) atoms. The monoisotopic (exact) mass is 442 g/mol. The highest BCUT2D eigenvalue weighted by atomic mass is 16.4. The van der Waals surface area contributed by atoms with Crippen LogP contribution in [-0.4, -0.2) is 74.2 Å². The standard InChI is InChI=1S/C24H46N2O5/c1-18-19-20(28)21(29)22(30)24(31)26(19)23(18)25-16-14-12-10-8-6-4-2-3-5-7-9-11-13-15-17-27/h19-22,24-25,27-31H,2-17H2,1H3/t19-,20+,21-,22+,24+/m0/s1. The summed E-state index contributed by atoms with van der Waals surface area (Å²) in [6.07, 6.45) is 12.5. The first-order chi connectivity index (χ1) is 15.0. The number of aliphatic hydroxyl groups excluding tert-OH is 5. The van der Waals surface area contributed by atoms with Gasteiger partial charge in [-0.05, 0) is 25.3 Å². The van der Waals surface area contributed by atoms with E-state index in [-0.39, 0.29) is 0 Å². The Morgan fingerprint density at radius 1 is 0.645 bits per heavy atom. The fourth-order valence-corrected chi connectivity index (χ4v) is 4.87. The lowest BCUT2D eigenvalue weighted by Crippen LogP contribution is -2.71. The zero-order valence-electron chi connectivity index (χ0n) is 19.4. The van der Waals surface area contributed by atoms with Crippen molar-refractivity contribution in [3.8, 4) is 0 Å². The fraction of sp³-hybridized carbons (Fsp3) is 0.917. The zero-order valence-corrected chi connectivity index (χ0v) is 19.4. The third kappa shape index (κ3) is 7.60. The summed E-state index contributed by atoms with van der Waals surface area (Å²) < 4.78 is 0. The van der Waals surface area contributed by atoms with E-state index in [1.54, 1.807) is 4.90 Å². The van der Waals surface area contributed by atoms with E-state index in [2.05, 4.69) is 5.32 Å². The maximum absolute atomic E-state index is 10.2. The first-order valence-electron chi connectivity index (χ1n) is 12.6. The van der Waals surface area contributed by atoms with Crippen molar-refractivity contribution in [2.75, 3.05) is 13.2 Å². The highest BCUT2D eigenvalue weighted by Gasteiger charge is 2.54. The van der Waals surface area contributed by atoms with E-state index in [1.165, 1.54) is 77.0 Å². The number of hydrogen-bond acceptors (Lipinski definition) is 7. The van der Waals surface area contributed by atoms with Crippen LogP contribution in [0.3, 0.4) is 0 Å². The summed E-state index contributed by atoms with van der Waals surface area (Å²) >= 11 is 0. The Kier molecular flexibility index (Phi) is 12.2. The van der Waals surface area contributed by atoms with E-state index in [4.69, 9.17) is 5.11 Å². The van der Waals surface area contributed by atoms with Gasteiger partial charge in [-0.3, -0.25) is 0 Å². The molecule has 5 atom stereocenters. The fourth-order valence-electron chi connectivity index (χ4n) is 4.87. The van der Waals surface area contributed by atoms with E-state index < -0.39 is 30.6 Å². The highest BCUT2D eigenvalue weighted by Crippen LogP contribution is 2.39. The SMILES string of the molecule is CC1=C(NCCCCCCCCCCCCCCCCO)N2[C@H](O)[C@H](O)[C@@H](O)[C@H](O)[C@H]12. The Morgan fingerprint density at radius 2 is 1.10 bits per heavy atom. The number of fused-ring (bicyclic) bond motifs is 1. The van der Waals surface area contributed by atoms with Gasteiger partial charge >= 0.3 is 0 Å². The van der Waals surface area contributed by atoms with E-state index in [1.807, 2.05) is 6.92 Å². The van der Waals surface area contributed by atoms with Crippen molar-refractivity contribution in [1.29, 1.82) is 0 Å². The van der Waals surface area contributed by atoms with Crippen LogP contribution >= 0.6 is 0 Å². The predicted octanol–water partition coefficient (Wildman–Crippen LogP) is 2.36. The van der Waals surface area contributed by atoms with E-state index >= 15 is 0 Å². The molecule has 0 aromatic rings. The lowest BCUT2D eigenvalue weighted by molar-refractivity contribution is -0.214. The van der Waals surface area contributed by atoms with Crippen LogP contribution in [0.2, 0.25) is 0 Å². The normalized spacial score (nSPS) is 27.9. The molecule has 0 bridgehead atoms. The largest absolute Gasteiger partial charge is 0.396 e. The minimum atomic E-state index is -1.37. The molecule has 0 radical (unpaired) electrons. The van der Waals surface area contributed by atoms with Crippen LogP contribution in [0.4, 0.5) is 0 Å². The molecule has 2 aliphatic heterocycles. The summed E-state index contributed by atoms with van der Waals surface area (Å²) in [7, 11) is 0. The van der Waals surface area contributed by atoms with Gasteiger partial charge in [-0.15, -0.1) is 0 Å². The van der Waals surface area contributed by atoms with Crippen molar-refractivity contribution in [1.82, 2.24) is 10.2 Å². The summed E-state index contributed by atoms with van der Waals surface area (Å²) in [5, 5.41) is 52.1. The molecule has 0 spiro atoms. The number of piperidine rings is 1. The van der Waals surface area contributed by atoms with Gasteiger partial charge in [0.2, 0.25) is 0 Å². The second-order valence-corrected chi connectivity index (χ2v) is 9.37. The van der Waals surface area contributed by atoms with E-state index in [0.29, 0.717) is 6.61 Å². The van der Waals surface area contributed by atoms with Gasteiger partial charge in [-0.25, -0.2) is 0 Å². The molecule has 7 heteroatoms. The highest BCUT2D eigenvalue weighted by molar-refractivity contribution is 5.33. The molecule has 182 valence electrons. The van der Waals surface area contributed by atoms with Gasteiger partial charge in [0.25, 0.3) is 0 Å². The second kappa shape index (κ2) is 14.3. The topological polar surface area (TPSA) is 116 Å². The number of nitrogens with zero attached hydrogens (tertiary/aromatic N) is 1. The lowest BCUT2D eigenvalue weighted by Gasteiger charge is -2.55. The molecule has 0 saturated carbocycles.